The molecule has 1 N–H and O–H groups in total. The number of nitrogens with zero attached hydrogens (tertiary/aromatic N) is 1. The molecule has 0 spiro atoms. The predicted octanol–water partition coefficient (Wildman–Crippen LogP) is 0.452. The van der Waals surface area contributed by atoms with Crippen LogP contribution in [0.25, 0.3) is 0 Å². The van der Waals surface area contributed by atoms with Gasteiger partial charge in [-0.25, -0.2) is 0 Å². The average molecular weight is 232 g/mol. The van der Waals surface area contributed by atoms with E-state index in [1.807, 2.05) is 6.07 Å². The van der Waals surface area contributed by atoms with Crippen molar-refractivity contribution in [3.63, 3.8) is 0 Å². The molecule has 0 radical (unpaired) electrons. The van der Waals surface area contributed by atoms with E-state index in [9.17, 15) is 4.79 Å². The number of nitriles is 1. The minimum Gasteiger partial charge on any atom is -0.484 e. The second kappa shape index (κ2) is 5.32. The summed E-state index contributed by atoms with van der Waals surface area (Å²) in [5, 5.41) is 11.4. The number of nitrogens with one attached hydrogen (secondary N) is 1. The van der Waals surface area contributed by atoms with E-state index < -0.39 is 0 Å². The zero-order valence-electron chi connectivity index (χ0n) is 9.18. The Morgan fingerprint density at radius 3 is 2.71 bits per heavy atom. The standard InChI is InChI=1S/C12H12N2O3/c13-5-9-1-3-11(4-2-9)17-8-12(15)14-10-6-16-7-10/h1-4,10H,6-8H2,(H,14,15). The van der Waals surface area contributed by atoms with Crippen LogP contribution in [0.2, 0.25) is 0 Å². The molecule has 0 saturated carbocycles. The summed E-state index contributed by atoms with van der Waals surface area (Å²) in [6.45, 7) is 1.12. The molecule has 5 nitrogen and oxygen atoms in total. The molecule has 1 saturated heterocycles. The van der Waals surface area contributed by atoms with Gasteiger partial charge in [0.05, 0.1) is 30.9 Å². The lowest BCUT2D eigenvalue weighted by molar-refractivity contribution is -0.127. The predicted molar refractivity (Wildman–Crippen MR) is 59.4 cm³/mol. The lowest BCUT2D eigenvalue weighted by Gasteiger charge is -2.26. The number of benzene rings is 1. The molecule has 0 bridgehead atoms. The Morgan fingerprint density at radius 2 is 2.18 bits per heavy atom. The lowest BCUT2D eigenvalue weighted by Crippen LogP contribution is -2.49. The van der Waals surface area contributed by atoms with Gasteiger partial charge < -0.3 is 14.8 Å². The largest absolute Gasteiger partial charge is 0.484 e. The highest BCUT2D eigenvalue weighted by Gasteiger charge is 2.20. The molecule has 88 valence electrons. The molecule has 0 aliphatic carbocycles. The van der Waals surface area contributed by atoms with E-state index in [1.54, 1.807) is 24.3 Å². The maximum atomic E-state index is 11.4. The van der Waals surface area contributed by atoms with Crippen LogP contribution in [0, 0.1) is 11.3 Å². The number of ether oxygens (including phenoxy) is 2. The molecule has 17 heavy (non-hydrogen) atoms. The Balaban J connectivity index is 1.76. The Labute approximate surface area is 98.9 Å². The van der Waals surface area contributed by atoms with Crippen LogP contribution in [0.3, 0.4) is 0 Å². The van der Waals surface area contributed by atoms with Crippen LogP contribution in [-0.4, -0.2) is 31.8 Å². The zero-order chi connectivity index (χ0) is 12.1. The van der Waals surface area contributed by atoms with Gasteiger partial charge >= 0.3 is 0 Å². The van der Waals surface area contributed by atoms with Gasteiger partial charge in [-0.2, -0.15) is 5.26 Å². The summed E-state index contributed by atoms with van der Waals surface area (Å²) in [5.41, 5.74) is 0.563. The van der Waals surface area contributed by atoms with Crippen molar-refractivity contribution in [3.8, 4) is 11.8 Å². The summed E-state index contributed by atoms with van der Waals surface area (Å²) in [6, 6.07) is 8.75. The second-order valence-electron chi connectivity index (χ2n) is 3.73. The Bertz CT molecular complexity index is 432. The molecule has 1 heterocycles. The fourth-order valence-electron chi connectivity index (χ4n) is 1.36. The van der Waals surface area contributed by atoms with Gasteiger partial charge in [0.15, 0.2) is 6.61 Å². The van der Waals surface area contributed by atoms with Gasteiger partial charge in [0.25, 0.3) is 5.91 Å². The van der Waals surface area contributed by atoms with Crippen molar-refractivity contribution >= 4 is 5.91 Å². The third kappa shape index (κ3) is 3.20. The van der Waals surface area contributed by atoms with Crippen LogP contribution in [0.5, 0.6) is 5.75 Å². The topological polar surface area (TPSA) is 71.3 Å². The van der Waals surface area contributed by atoms with Crippen LogP contribution in [0.15, 0.2) is 24.3 Å². The Hall–Kier alpha value is -2.06. The lowest BCUT2D eigenvalue weighted by atomic mass is 10.2. The summed E-state index contributed by atoms with van der Waals surface area (Å²) in [6.07, 6.45) is 0. The first-order chi connectivity index (χ1) is 8.28. The monoisotopic (exact) mass is 232 g/mol. The molecule has 2 rings (SSSR count). The third-order valence-corrected chi connectivity index (χ3v) is 2.36. The van der Waals surface area contributed by atoms with E-state index in [4.69, 9.17) is 14.7 Å². The second-order valence-corrected chi connectivity index (χ2v) is 3.73. The van der Waals surface area contributed by atoms with E-state index in [0.29, 0.717) is 24.5 Å². The maximum Gasteiger partial charge on any atom is 0.258 e. The van der Waals surface area contributed by atoms with Crippen molar-refractivity contribution < 1.29 is 14.3 Å². The molecule has 1 aromatic carbocycles. The van der Waals surface area contributed by atoms with Crippen LogP contribution in [-0.2, 0) is 9.53 Å². The summed E-state index contributed by atoms with van der Waals surface area (Å²) in [5.74, 6) is 0.409. The number of hydrogen-bond donors (Lipinski definition) is 1. The minimum absolute atomic E-state index is 0.0254. The van der Waals surface area contributed by atoms with E-state index in [0.717, 1.165) is 0 Å². The molecular formula is C12H12N2O3. The van der Waals surface area contributed by atoms with E-state index in [-0.39, 0.29) is 18.6 Å². The van der Waals surface area contributed by atoms with Crippen molar-refractivity contribution in [1.82, 2.24) is 5.32 Å². The van der Waals surface area contributed by atoms with Crippen molar-refractivity contribution in [3.05, 3.63) is 29.8 Å². The van der Waals surface area contributed by atoms with Crippen LogP contribution < -0.4 is 10.1 Å². The molecule has 1 amide bonds. The molecule has 5 heteroatoms. The Kier molecular flexibility index (Phi) is 3.58. The van der Waals surface area contributed by atoms with Gasteiger partial charge in [-0.15, -0.1) is 0 Å². The van der Waals surface area contributed by atoms with E-state index in [2.05, 4.69) is 5.32 Å². The highest BCUT2D eigenvalue weighted by Crippen LogP contribution is 2.11. The van der Waals surface area contributed by atoms with Gasteiger partial charge in [0.2, 0.25) is 0 Å². The van der Waals surface area contributed by atoms with Crippen LogP contribution >= 0.6 is 0 Å². The Morgan fingerprint density at radius 1 is 1.47 bits per heavy atom. The molecule has 0 aromatic heterocycles. The fourth-order valence-corrected chi connectivity index (χ4v) is 1.36. The van der Waals surface area contributed by atoms with Crippen LogP contribution in [0.4, 0.5) is 0 Å². The molecule has 1 aliphatic rings. The van der Waals surface area contributed by atoms with Gasteiger partial charge in [0, 0.05) is 0 Å². The number of carbonyl (C=O) groups excluding carboxylic acids is 1. The van der Waals surface area contributed by atoms with Crippen molar-refractivity contribution in [2.75, 3.05) is 19.8 Å². The SMILES string of the molecule is N#Cc1ccc(OCC(=O)NC2COC2)cc1. The van der Waals surface area contributed by atoms with E-state index >= 15 is 0 Å². The number of carbonyl (C=O) groups is 1. The van der Waals surface area contributed by atoms with Gasteiger partial charge in [-0.05, 0) is 24.3 Å². The van der Waals surface area contributed by atoms with Crippen molar-refractivity contribution in [1.29, 1.82) is 5.26 Å². The van der Waals surface area contributed by atoms with Gasteiger partial charge in [-0.1, -0.05) is 0 Å². The quantitative estimate of drug-likeness (QED) is 0.818. The zero-order valence-corrected chi connectivity index (χ0v) is 9.18. The average Bonchev–Trinajstić information content (AvgIpc) is 2.32. The minimum atomic E-state index is -0.164. The molecule has 0 unspecified atom stereocenters. The summed E-state index contributed by atoms with van der Waals surface area (Å²) in [7, 11) is 0. The summed E-state index contributed by atoms with van der Waals surface area (Å²) < 4.78 is 10.2. The van der Waals surface area contributed by atoms with Crippen molar-refractivity contribution in [2.24, 2.45) is 0 Å². The molecular weight excluding hydrogens is 220 g/mol. The van der Waals surface area contributed by atoms with Crippen LogP contribution in [0.1, 0.15) is 5.56 Å². The first kappa shape index (κ1) is 11.4. The smallest absolute Gasteiger partial charge is 0.258 e. The normalized spacial score (nSPS) is 14.5. The third-order valence-electron chi connectivity index (χ3n) is 2.36. The fraction of sp³-hybridized carbons (Fsp3) is 0.333. The molecule has 1 aliphatic heterocycles. The first-order valence-electron chi connectivity index (χ1n) is 5.28. The number of hydrogen-bond acceptors (Lipinski definition) is 4. The highest BCUT2D eigenvalue weighted by molar-refractivity contribution is 5.77. The van der Waals surface area contributed by atoms with Gasteiger partial charge in [0.1, 0.15) is 5.75 Å². The molecule has 1 fully saturated rings. The number of rotatable bonds is 4. The van der Waals surface area contributed by atoms with E-state index in [1.165, 1.54) is 0 Å². The molecule has 1 aromatic rings. The highest BCUT2D eigenvalue weighted by atomic mass is 16.5. The maximum absolute atomic E-state index is 11.4. The van der Waals surface area contributed by atoms with Crippen molar-refractivity contribution in [2.45, 2.75) is 6.04 Å². The molecule has 0 atom stereocenters. The summed E-state index contributed by atoms with van der Waals surface area (Å²) >= 11 is 0. The first-order valence-corrected chi connectivity index (χ1v) is 5.28. The van der Waals surface area contributed by atoms with Gasteiger partial charge in [-0.3, -0.25) is 4.79 Å². The number of amides is 1. The summed E-state index contributed by atoms with van der Waals surface area (Å²) in [4.78, 5) is 11.4.